The van der Waals surface area contributed by atoms with E-state index in [4.69, 9.17) is 9.47 Å². The van der Waals surface area contributed by atoms with Gasteiger partial charge in [0.15, 0.2) is 11.5 Å². The number of benzene rings is 2. The Morgan fingerprint density at radius 2 is 1.96 bits per heavy atom. The van der Waals surface area contributed by atoms with Crippen molar-refractivity contribution in [1.82, 2.24) is 9.88 Å². The van der Waals surface area contributed by atoms with Gasteiger partial charge in [-0.1, -0.05) is 30.3 Å². The Kier molecular flexibility index (Phi) is 3.67. The zero-order chi connectivity index (χ0) is 15.6. The minimum Gasteiger partial charge on any atom is -0.454 e. The Morgan fingerprint density at radius 1 is 1.04 bits per heavy atom. The minimum absolute atomic E-state index is 0.325. The Balaban J connectivity index is 1.43. The second-order valence-electron chi connectivity index (χ2n) is 6.00. The fourth-order valence-electron chi connectivity index (χ4n) is 3.13. The van der Waals surface area contributed by atoms with Crippen LogP contribution in [0.1, 0.15) is 11.1 Å². The second kappa shape index (κ2) is 5.97. The van der Waals surface area contributed by atoms with Gasteiger partial charge in [0.05, 0.1) is 0 Å². The van der Waals surface area contributed by atoms with Gasteiger partial charge in [-0.2, -0.15) is 0 Å². The standard InChI is InChI=1S/C19H20N2O2/c1-21(12-15-5-4-8-18-19(15)23-13-22-18)10-9-14-11-20-17-7-3-2-6-16(14)17/h2-8,11,20H,9-10,12-13H2,1H3. The topological polar surface area (TPSA) is 37.5 Å². The van der Waals surface area contributed by atoms with Crippen molar-refractivity contribution in [2.75, 3.05) is 20.4 Å². The maximum Gasteiger partial charge on any atom is 0.231 e. The van der Waals surface area contributed by atoms with E-state index in [2.05, 4.69) is 53.5 Å². The summed E-state index contributed by atoms with van der Waals surface area (Å²) < 4.78 is 11.0. The second-order valence-corrected chi connectivity index (χ2v) is 6.00. The minimum atomic E-state index is 0.325. The number of fused-ring (bicyclic) bond motifs is 2. The van der Waals surface area contributed by atoms with E-state index in [-0.39, 0.29) is 0 Å². The van der Waals surface area contributed by atoms with Crippen molar-refractivity contribution in [3.8, 4) is 11.5 Å². The van der Waals surface area contributed by atoms with Gasteiger partial charge in [-0.25, -0.2) is 0 Å². The number of aromatic amines is 1. The van der Waals surface area contributed by atoms with Crippen LogP contribution in [0.25, 0.3) is 10.9 Å². The SMILES string of the molecule is CN(CCc1c[nH]c2ccccc12)Cc1cccc2c1OCO2. The molecule has 0 atom stereocenters. The molecule has 0 radical (unpaired) electrons. The molecule has 0 saturated carbocycles. The summed E-state index contributed by atoms with van der Waals surface area (Å²) in [6, 6.07) is 14.5. The number of H-pyrrole nitrogens is 1. The molecular weight excluding hydrogens is 288 g/mol. The molecule has 0 aliphatic carbocycles. The molecule has 1 aliphatic heterocycles. The molecule has 23 heavy (non-hydrogen) atoms. The summed E-state index contributed by atoms with van der Waals surface area (Å²) in [7, 11) is 2.14. The normalized spacial score (nSPS) is 13.1. The van der Waals surface area contributed by atoms with Crippen molar-refractivity contribution in [1.29, 1.82) is 0 Å². The maximum atomic E-state index is 5.58. The molecule has 0 spiro atoms. The summed E-state index contributed by atoms with van der Waals surface area (Å²) >= 11 is 0. The number of likely N-dealkylation sites (N-methyl/N-ethyl adjacent to an activating group) is 1. The number of nitrogens with zero attached hydrogens (tertiary/aromatic N) is 1. The van der Waals surface area contributed by atoms with Gasteiger partial charge < -0.3 is 19.4 Å². The van der Waals surface area contributed by atoms with Crippen LogP contribution in [0.2, 0.25) is 0 Å². The highest BCUT2D eigenvalue weighted by Crippen LogP contribution is 2.35. The molecule has 2 aromatic carbocycles. The van der Waals surface area contributed by atoms with Crippen LogP contribution >= 0.6 is 0 Å². The van der Waals surface area contributed by atoms with Crippen LogP contribution < -0.4 is 9.47 Å². The van der Waals surface area contributed by atoms with E-state index in [0.717, 1.165) is 31.0 Å². The number of rotatable bonds is 5. The van der Waals surface area contributed by atoms with E-state index in [1.165, 1.54) is 22.0 Å². The summed E-state index contributed by atoms with van der Waals surface area (Å²) in [5.41, 5.74) is 3.75. The molecule has 4 nitrogen and oxygen atoms in total. The average molecular weight is 308 g/mol. The molecule has 1 aliphatic rings. The van der Waals surface area contributed by atoms with E-state index in [1.54, 1.807) is 0 Å². The molecule has 4 rings (SSSR count). The van der Waals surface area contributed by atoms with Crippen molar-refractivity contribution in [3.05, 3.63) is 59.8 Å². The average Bonchev–Trinajstić information content (AvgIpc) is 3.20. The number of ether oxygens (including phenoxy) is 2. The van der Waals surface area contributed by atoms with E-state index in [1.807, 2.05) is 12.1 Å². The van der Waals surface area contributed by atoms with Gasteiger partial charge in [-0.3, -0.25) is 0 Å². The maximum absolute atomic E-state index is 5.58. The molecule has 0 bridgehead atoms. The van der Waals surface area contributed by atoms with E-state index in [0.29, 0.717) is 6.79 Å². The summed E-state index contributed by atoms with van der Waals surface area (Å²) in [6.45, 7) is 2.17. The number of aromatic nitrogens is 1. The first-order valence-corrected chi connectivity index (χ1v) is 7.92. The third kappa shape index (κ3) is 2.78. The Hall–Kier alpha value is -2.46. The first-order chi connectivity index (χ1) is 11.3. The molecule has 0 amide bonds. The number of hydrogen-bond donors (Lipinski definition) is 1. The fourth-order valence-corrected chi connectivity index (χ4v) is 3.13. The van der Waals surface area contributed by atoms with Crippen molar-refractivity contribution < 1.29 is 9.47 Å². The molecular formula is C19H20N2O2. The molecule has 0 saturated heterocycles. The van der Waals surface area contributed by atoms with Crippen molar-refractivity contribution in [3.63, 3.8) is 0 Å². The lowest BCUT2D eigenvalue weighted by Gasteiger charge is -2.17. The molecule has 3 aromatic rings. The Labute approximate surface area is 135 Å². The third-order valence-corrected chi connectivity index (χ3v) is 4.36. The van der Waals surface area contributed by atoms with E-state index in [9.17, 15) is 0 Å². The van der Waals surface area contributed by atoms with Crippen molar-refractivity contribution >= 4 is 10.9 Å². The molecule has 4 heteroatoms. The highest BCUT2D eigenvalue weighted by Gasteiger charge is 2.18. The summed E-state index contributed by atoms with van der Waals surface area (Å²) in [5, 5.41) is 1.32. The van der Waals surface area contributed by atoms with Crippen LogP contribution in [0.4, 0.5) is 0 Å². The van der Waals surface area contributed by atoms with Gasteiger partial charge in [0.25, 0.3) is 0 Å². The number of para-hydroxylation sites is 2. The quantitative estimate of drug-likeness (QED) is 0.783. The molecule has 2 heterocycles. The monoisotopic (exact) mass is 308 g/mol. The zero-order valence-electron chi connectivity index (χ0n) is 13.2. The van der Waals surface area contributed by atoms with Crippen LogP contribution in [-0.4, -0.2) is 30.3 Å². The predicted molar refractivity (Wildman–Crippen MR) is 90.9 cm³/mol. The highest BCUT2D eigenvalue weighted by molar-refractivity contribution is 5.83. The first-order valence-electron chi connectivity index (χ1n) is 7.92. The van der Waals surface area contributed by atoms with Gasteiger partial charge in [0.1, 0.15) is 0 Å². The van der Waals surface area contributed by atoms with Gasteiger partial charge in [-0.15, -0.1) is 0 Å². The van der Waals surface area contributed by atoms with Crippen molar-refractivity contribution in [2.24, 2.45) is 0 Å². The zero-order valence-corrected chi connectivity index (χ0v) is 13.2. The molecule has 0 fully saturated rings. The lowest BCUT2D eigenvalue weighted by molar-refractivity contribution is 0.172. The molecule has 1 aromatic heterocycles. The molecule has 118 valence electrons. The van der Waals surface area contributed by atoms with Crippen molar-refractivity contribution in [2.45, 2.75) is 13.0 Å². The van der Waals surface area contributed by atoms with Gasteiger partial charge >= 0.3 is 0 Å². The first kappa shape index (κ1) is 14.2. The predicted octanol–water partition coefficient (Wildman–Crippen LogP) is 3.57. The smallest absolute Gasteiger partial charge is 0.231 e. The molecule has 1 N–H and O–H groups in total. The van der Waals surface area contributed by atoms with Crippen LogP contribution in [0.3, 0.4) is 0 Å². The van der Waals surface area contributed by atoms with Gasteiger partial charge in [-0.05, 0) is 31.2 Å². The Morgan fingerprint density at radius 3 is 2.91 bits per heavy atom. The van der Waals surface area contributed by atoms with E-state index < -0.39 is 0 Å². The number of hydrogen-bond acceptors (Lipinski definition) is 3. The van der Waals surface area contributed by atoms with Crippen LogP contribution in [0.5, 0.6) is 11.5 Å². The van der Waals surface area contributed by atoms with Gasteiger partial charge in [0, 0.05) is 35.8 Å². The fraction of sp³-hybridized carbons (Fsp3) is 0.263. The summed E-state index contributed by atoms with van der Waals surface area (Å²) in [5.74, 6) is 1.75. The van der Waals surface area contributed by atoms with Crippen LogP contribution in [0, 0.1) is 0 Å². The van der Waals surface area contributed by atoms with Gasteiger partial charge in [0.2, 0.25) is 6.79 Å². The number of nitrogens with one attached hydrogen (secondary N) is 1. The molecule has 0 unspecified atom stereocenters. The highest BCUT2D eigenvalue weighted by atomic mass is 16.7. The van der Waals surface area contributed by atoms with E-state index >= 15 is 0 Å². The summed E-state index contributed by atoms with van der Waals surface area (Å²) in [6.07, 6.45) is 3.14. The van der Waals surface area contributed by atoms with Crippen LogP contribution in [0.15, 0.2) is 48.7 Å². The van der Waals surface area contributed by atoms with Crippen LogP contribution in [-0.2, 0) is 13.0 Å². The third-order valence-electron chi connectivity index (χ3n) is 4.36. The lowest BCUT2D eigenvalue weighted by atomic mass is 10.1. The Bertz CT molecular complexity index is 825. The summed E-state index contributed by atoms with van der Waals surface area (Å²) in [4.78, 5) is 5.66. The largest absolute Gasteiger partial charge is 0.454 e. The lowest BCUT2D eigenvalue weighted by Crippen LogP contribution is -2.20.